The van der Waals surface area contributed by atoms with Crippen LogP contribution >= 0.6 is 11.6 Å². The third-order valence-electron chi connectivity index (χ3n) is 4.20. The molecule has 0 aliphatic carbocycles. The van der Waals surface area contributed by atoms with Crippen LogP contribution in [0.3, 0.4) is 0 Å². The molecule has 1 N–H and O–H groups in total. The molecule has 1 aromatic heterocycles. The summed E-state index contributed by atoms with van der Waals surface area (Å²) in [5, 5.41) is 3.93. The standard InChI is InChI=1S/C17H20ClN5O/c1-12-14(18)4-3-5-15(12)20-17-19-7-6-16(21-17)23-10-8-22(9-11-23)13(2)24/h3-7H,8-11H2,1-2H3,(H,19,20,21). The van der Waals surface area contributed by atoms with Gasteiger partial charge in [-0.1, -0.05) is 17.7 Å². The Morgan fingerprint density at radius 2 is 1.96 bits per heavy atom. The highest BCUT2D eigenvalue weighted by Crippen LogP contribution is 2.25. The molecule has 0 unspecified atom stereocenters. The van der Waals surface area contributed by atoms with Crippen molar-refractivity contribution in [1.29, 1.82) is 0 Å². The number of carbonyl (C=O) groups is 1. The number of carbonyl (C=O) groups excluding carboxylic acids is 1. The van der Waals surface area contributed by atoms with Gasteiger partial charge in [0.05, 0.1) is 0 Å². The molecule has 0 radical (unpaired) electrons. The van der Waals surface area contributed by atoms with E-state index in [0.717, 1.165) is 43.2 Å². The van der Waals surface area contributed by atoms with E-state index >= 15 is 0 Å². The first-order valence-corrected chi connectivity index (χ1v) is 8.28. The Morgan fingerprint density at radius 1 is 1.21 bits per heavy atom. The van der Waals surface area contributed by atoms with Crippen LogP contribution in [0.4, 0.5) is 17.5 Å². The van der Waals surface area contributed by atoms with Crippen molar-refractivity contribution in [2.45, 2.75) is 13.8 Å². The van der Waals surface area contributed by atoms with Crippen molar-refractivity contribution < 1.29 is 4.79 Å². The number of nitrogens with one attached hydrogen (secondary N) is 1. The van der Waals surface area contributed by atoms with Crippen molar-refractivity contribution in [3.05, 3.63) is 41.0 Å². The number of nitrogens with zero attached hydrogens (tertiary/aromatic N) is 4. The molecule has 1 saturated heterocycles. The summed E-state index contributed by atoms with van der Waals surface area (Å²) >= 11 is 6.15. The summed E-state index contributed by atoms with van der Waals surface area (Å²) in [4.78, 5) is 24.3. The van der Waals surface area contributed by atoms with Crippen molar-refractivity contribution >= 4 is 35.0 Å². The minimum absolute atomic E-state index is 0.121. The molecule has 0 atom stereocenters. The number of halogens is 1. The predicted molar refractivity (Wildman–Crippen MR) is 96.0 cm³/mol. The van der Waals surface area contributed by atoms with Crippen LogP contribution in [0.1, 0.15) is 12.5 Å². The van der Waals surface area contributed by atoms with Gasteiger partial charge in [0, 0.05) is 50.0 Å². The van der Waals surface area contributed by atoms with Crippen molar-refractivity contribution in [2.24, 2.45) is 0 Å². The number of hydrogen-bond acceptors (Lipinski definition) is 5. The molecule has 3 rings (SSSR count). The number of anilines is 3. The quantitative estimate of drug-likeness (QED) is 0.926. The van der Waals surface area contributed by atoms with Crippen LogP contribution in [-0.2, 0) is 4.79 Å². The predicted octanol–water partition coefficient (Wildman–Crippen LogP) is 2.85. The minimum Gasteiger partial charge on any atom is -0.353 e. The van der Waals surface area contributed by atoms with Crippen LogP contribution < -0.4 is 10.2 Å². The van der Waals surface area contributed by atoms with Crippen LogP contribution in [0.5, 0.6) is 0 Å². The highest BCUT2D eigenvalue weighted by Gasteiger charge is 2.19. The first kappa shape index (κ1) is 16.5. The monoisotopic (exact) mass is 345 g/mol. The third kappa shape index (κ3) is 3.59. The molecule has 7 heteroatoms. The second-order valence-electron chi connectivity index (χ2n) is 5.77. The van der Waals surface area contributed by atoms with Gasteiger partial charge in [0.1, 0.15) is 5.82 Å². The molecule has 1 aliphatic heterocycles. The minimum atomic E-state index is 0.121. The fraction of sp³-hybridized carbons (Fsp3) is 0.353. The molecule has 0 spiro atoms. The molecule has 24 heavy (non-hydrogen) atoms. The zero-order chi connectivity index (χ0) is 17.1. The lowest BCUT2D eigenvalue weighted by atomic mass is 10.2. The van der Waals surface area contributed by atoms with Crippen LogP contribution in [0.2, 0.25) is 5.02 Å². The summed E-state index contributed by atoms with van der Waals surface area (Å²) in [7, 11) is 0. The van der Waals surface area contributed by atoms with Gasteiger partial charge in [-0.15, -0.1) is 0 Å². The van der Waals surface area contributed by atoms with E-state index < -0.39 is 0 Å². The Bertz CT molecular complexity index is 744. The molecule has 126 valence electrons. The van der Waals surface area contributed by atoms with E-state index in [1.54, 1.807) is 13.1 Å². The zero-order valence-electron chi connectivity index (χ0n) is 13.8. The molecule has 0 saturated carbocycles. The average Bonchev–Trinajstić information content (AvgIpc) is 2.59. The fourth-order valence-corrected chi connectivity index (χ4v) is 2.87. The van der Waals surface area contributed by atoms with Gasteiger partial charge in [-0.3, -0.25) is 4.79 Å². The van der Waals surface area contributed by atoms with Crippen LogP contribution in [0, 0.1) is 6.92 Å². The summed E-state index contributed by atoms with van der Waals surface area (Å²) in [5.74, 6) is 1.51. The number of benzene rings is 1. The molecule has 1 aliphatic rings. The first-order chi connectivity index (χ1) is 11.5. The van der Waals surface area contributed by atoms with Crippen LogP contribution in [0.15, 0.2) is 30.5 Å². The van der Waals surface area contributed by atoms with Crippen molar-refractivity contribution in [1.82, 2.24) is 14.9 Å². The van der Waals surface area contributed by atoms with E-state index in [9.17, 15) is 4.79 Å². The summed E-state index contributed by atoms with van der Waals surface area (Å²) in [5.41, 5.74) is 1.85. The smallest absolute Gasteiger partial charge is 0.229 e. The van der Waals surface area contributed by atoms with E-state index in [1.165, 1.54) is 0 Å². The van der Waals surface area contributed by atoms with Gasteiger partial charge >= 0.3 is 0 Å². The summed E-state index contributed by atoms with van der Waals surface area (Å²) < 4.78 is 0. The maximum atomic E-state index is 11.4. The lowest BCUT2D eigenvalue weighted by molar-refractivity contribution is -0.129. The lowest BCUT2D eigenvalue weighted by Gasteiger charge is -2.34. The molecule has 0 bridgehead atoms. The van der Waals surface area contributed by atoms with Crippen molar-refractivity contribution in [3.63, 3.8) is 0 Å². The summed E-state index contributed by atoms with van der Waals surface area (Å²) in [6.07, 6.45) is 1.74. The molecule has 1 fully saturated rings. The lowest BCUT2D eigenvalue weighted by Crippen LogP contribution is -2.48. The van der Waals surface area contributed by atoms with Gasteiger partial charge in [-0.2, -0.15) is 4.98 Å². The van der Waals surface area contributed by atoms with Gasteiger partial charge in [-0.05, 0) is 30.7 Å². The Labute approximate surface area is 146 Å². The highest BCUT2D eigenvalue weighted by molar-refractivity contribution is 6.31. The Kier molecular flexibility index (Phi) is 4.85. The third-order valence-corrected chi connectivity index (χ3v) is 4.61. The molecule has 2 aromatic rings. The molecule has 2 heterocycles. The second kappa shape index (κ2) is 7.05. The number of rotatable bonds is 3. The van der Waals surface area contributed by atoms with E-state index in [-0.39, 0.29) is 5.91 Å². The summed E-state index contributed by atoms with van der Waals surface area (Å²) in [6.45, 7) is 6.54. The normalized spacial score (nSPS) is 14.6. The number of aromatic nitrogens is 2. The van der Waals surface area contributed by atoms with E-state index in [4.69, 9.17) is 11.6 Å². The SMILES string of the molecule is CC(=O)N1CCN(c2ccnc(Nc3cccc(Cl)c3C)n2)CC1. The molecule has 1 aromatic carbocycles. The Balaban J connectivity index is 1.73. The van der Waals surface area contributed by atoms with E-state index in [2.05, 4.69) is 20.2 Å². The fourth-order valence-electron chi connectivity index (χ4n) is 2.70. The average molecular weight is 346 g/mol. The van der Waals surface area contributed by atoms with Gasteiger partial charge in [0.2, 0.25) is 11.9 Å². The molecule has 1 amide bonds. The molecular formula is C17H20ClN5O. The van der Waals surface area contributed by atoms with Crippen molar-refractivity contribution in [2.75, 3.05) is 36.4 Å². The van der Waals surface area contributed by atoms with Crippen LogP contribution in [0.25, 0.3) is 0 Å². The second-order valence-corrected chi connectivity index (χ2v) is 6.18. The van der Waals surface area contributed by atoms with Gasteiger partial charge in [-0.25, -0.2) is 4.98 Å². The van der Waals surface area contributed by atoms with Gasteiger partial charge < -0.3 is 15.1 Å². The number of hydrogen-bond donors (Lipinski definition) is 1. The number of piperazine rings is 1. The largest absolute Gasteiger partial charge is 0.353 e. The maximum Gasteiger partial charge on any atom is 0.229 e. The van der Waals surface area contributed by atoms with Crippen LogP contribution in [-0.4, -0.2) is 47.0 Å². The van der Waals surface area contributed by atoms with Crippen molar-refractivity contribution in [3.8, 4) is 0 Å². The number of amides is 1. The Hall–Kier alpha value is -2.34. The first-order valence-electron chi connectivity index (χ1n) is 7.90. The zero-order valence-corrected chi connectivity index (χ0v) is 14.5. The highest BCUT2D eigenvalue weighted by atomic mass is 35.5. The molecular weight excluding hydrogens is 326 g/mol. The van der Waals surface area contributed by atoms with Gasteiger partial charge in [0.25, 0.3) is 0 Å². The van der Waals surface area contributed by atoms with Gasteiger partial charge in [0.15, 0.2) is 0 Å². The topological polar surface area (TPSA) is 61.4 Å². The summed E-state index contributed by atoms with van der Waals surface area (Å²) in [6, 6.07) is 7.58. The molecule has 6 nitrogen and oxygen atoms in total. The van der Waals surface area contributed by atoms with E-state index in [1.807, 2.05) is 36.1 Å². The maximum absolute atomic E-state index is 11.4. The van der Waals surface area contributed by atoms with E-state index in [0.29, 0.717) is 11.0 Å². The Morgan fingerprint density at radius 3 is 2.67 bits per heavy atom.